The molecule has 144 valence electrons. The Kier molecular flexibility index (Phi) is 4.77. The van der Waals surface area contributed by atoms with Gasteiger partial charge in [-0.25, -0.2) is 18.2 Å². The highest BCUT2D eigenvalue weighted by atomic mass is 32.2. The summed E-state index contributed by atoms with van der Waals surface area (Å²) in [5, 5.41) is 2.02. The Labute approximate surface area is 163 Å². The van der Waals surface area contributed by atoms with Crippen molar-refractivity contribution in [2.45, 2.75) is 30.6 Å². The maximum absolute atomic E-state index is 12.9. The molecule has 1 heterocycles. The van der Waals surface area contributed by atoms with Crippen LogP contribution in [0.15, 0.2) is 59.6 Å². The van der Waals surface area contributed by atoms with E-state index in [1.807, 2.05) is 24.3 Å². The lowest BCUT2D eigenvalue weighted by Gasteiger charge is -2.14. The Hall–Kier alpha value is -2.93. The molecule has 2 aromatic carbocycles. The molecule has 0 radical (unpaired) electrons. The van der Waals surface area contributed by atoms with E-state index in [0.717, 1.165) is 29.2 Å². The van der Waals surface area contributed by atoms with Gasteiger partial charge in [-0.3, -0.25) is 4.72 Å². The molecule has 28 heavy (non-hydrogen) atoms. The molecule has 0 unspecified atom stereocenters. The first-order valence-corrected chi connectivity index (χ1v) is 10.7. The van der Waals surface area contributed by atoms with Crippen LogP contribution in [0.3, 0.4) is 0 Å². The van der Waals surface area contributed by atoms with E-state index < -0.39 is 16.0 Å². The van der Waals surface area contributed by atoms with Crippen molar-refractivity contribution in [1.29, 1.82) is 0 Å². The Morgan fingerprint density at radius 1 is 1.14 bits per heavy atom. The molecule has 3 aromatic rings. The highest BCUT2D eigenvalue weighted by Gasteiger charge is 2.30. The number of esters is 1. The van der Waals surface area contributed by atoms with Crippen LogP contribution in [-0.4, -0.2) is 26.0 Å². The number of benzene rings is 2. The fourth-order valence-electron chi connectivity index (χ4n) is 3.22. The molecule has 0 aliphatic heterocycles. The number of carbonyl (C=O) groups is 1. The number of hydrogen-bond acceptors (Lipinski definition) is 5. The fraction of sp³-hybridized carbons (Fsp3) is 0.238. The maximum atomic E-state index is 12.9. The van der Waals surface area contributed by atoms with E-state index >= 15 is 0 Å². The molecule has 0 saturated heterocycles. The number of rotatable bonds is 6. The largest absolute Gasteiger partial charge is 0.462 e. The lowest BCUT2D eigenvalue weighted by atomic mass is 10.0. The summed E-state index contributed by atoms with van der Waals surface area (Å²) in [6.45, 7) is 1.98. The van der Waals surface area contributed by atoms with Crippen LogP contribution < -0.4 is 4.72 Å². The van der Waals surface area contributed by atoms with Crippen molar-refractivity contribution in [3.8, 4) is 0 Å². The second kappa shape index (κ2) is 7.24. The molecule has 0 atom stereocenters. The van der Waals surface area contributed by atoms with Crippen molar-refractivity contribution < 1.29 is 17.9 Å². The highest BCUT2D eigenvalue weighted by molar-refractivity contribution is 7.92. The van der Waals surface area contributed by atoms with E-state index in [0.29, 0.717) is 17.3 Å². The summed E-state index contributed by atoms with van der Waals surface area (Å²) >= 11 is 0. The van der Waals surface area contributed by atoms with Crippen LogP contribution in [-0.2, 0) is 14.8 Å². The van der Waals surface area contributed by atoms with Gasteiger partial charge in [0.15, 0.2) is 0 Å². The Morgan fingerprint density at radius 2 is 1.86 bits per heavy atom. The van der Waals surface area contributed by atoms with Gasteiger partial charge in [0.25, 0.3) is 10.0 Å². The Balaban J connectivity index is 1.67. The second-order valence-corrected chi connectivity index (χ2v) is 8.41. The van der Waals surface area contributed by atoms with Gasteiger partial charge in [-0.1, -0.05) is 24.3 Å². The molecule has 1 aliphatic carbocycles. The normalized spacial score (nSPS) is 14.0. The molecule has 1 saturated carbocycles. The van der Waals surface area contributed by atoms with Crippen LogP contribution in [0.25, 0.3) is 10.8 Å². The summed E-state index contributed by atoms with van der Waals surface area (Å²) in [6, 6.07) is 13.5. The number of fused-ring (bicyclic) bond motifs is 1. The zero-order valence-electron chi connectivity index (χ0n) is 15.4. The van der Waals surface area contributed by atoms with Crippen LogP contribution in [0.2, 0.25) is 0 Å². The first kappa shape index (κ1) is 18.4. The summed E-state index contributed by atoms with van der Waals surface area (Å²) in [4.78, 5) is 16.2. The third kappa shape index (κ3) is 3.57. The molecular formula is C21H20N2O4S. The quantitative estimate of drug-likeness (QED) is 0.634. The molecule has 0 amide bonds. The number of carbonyl (C=O) groups excluding carboxylic acids is 1. The van der Waals surface area contributed by atoms with Gasteiger partial charge in [-0.15, -0.1) is 0 Å². The van der Waals surface area contributed by atoms with Gasteiger partial charge in [-0.2, -0.15) is 0 Å². The van der Waals surface area contributed by atoms with Crippen LogP contribution in [0.5, 0.6) is 0 Å². The second-order valence-electron chi connectivity index (χ2n) is 6.73. The van der Waals surface area contributed by atoms with Crippen LogP contribution in [0.1, 0.15) is 41.6 Å². The standard InChI is InChI=1S/C21H20N2O4S/c1-2-27-21(24)15-9-11-17(12-10-15)28(25,26)23-20-19(14-7-8-14)18-6-4-3-5-16(18)13-22-20/h3-6,9-14H,2,7-8H2,1H3,(H,22,23). The summed E-state index contributed by atoms with van der Waals surface area (Å²) in [5.41, 5.74) is 1.26. The van der Waals surface area contributed by atoms with E-state index in [1.54, 1.807) is 13.1 Å². The van der Waals surface area contributed by atoms with Gasteiger partial charge < -0.3 is 4.74 Å². The predicted molar refractivity (Wildman–Crippen MR) is 107 cm³/mol. The molecule has 1 N–H and O–H groups in total. The van der Waals surface area contributed by atoms with Gasteiger partial charge in [-0.05, 0) is 55.3 Å². The van der Waals surface area contributed by atoms with Gasteiger partial charge in [0, 0.05) is 17.1 Å². The van der Waals surface area contributed by atoms with Crippen LogP contribution in [0, 0.1) is 0 Å². The monoisotopic (exact) mass is 396 g/mol. The Morgan fingerprint density at radius 3 is 2.54 bits per heavy atom. The zero-order valence-corrected chi connectivity index (χ0v) is 16.2. The van der Waals surface area contributed by atoms with Crippen LogP contribution in [0.4, 0.5) is 5.82 Å². The number of anilines is 1. The van der Waals surface area contributed by atoms with Crippen molar-refractivity contribution in [1.82, 2.24) is 4.98 Å². The average Bonchev–Trinajstić information content (AvgIpc) is 3.53. The predicted octanol–water partition coefficient (Wildman–Crippen LogP) is 4.09. The number of nitrogens with zero attached hydrogens (tertiary/aromatic N) is 1. The number of nitrogens with one attached hydrogen (secondary N) is 1. The molecule has 7 heteroatoms. The first-order valence-electron chi connectivity index (χ1n) is 9.17. The molecule has 0 spiro atoms. The summed E-state index contributed by atoms with van der Waals surface area (Å²) in [6.07, 6.45) is 3.74. The molecule has 1 aromatic heterocycles. The van der Waals surface area contributed by atoms with Crippen molar-refractivity contribution in [3.63, 3.8) is 0 Å². The topological polar surface area (TPSA) is 85.4 Å². The third-order valence-electron chi connectivity index (χ3n) is 4.73. The lowest BCUT2D eigenvalue weighted by molar-refractivity contribution is 0.0526. The van der Waals surface area contributed by atoms with E-state index in [4.69, 9.17) is 4.74 Å². The van der Waals surface area contributed by atoms with Crippen molar-refractivity contribution in [3.05, 3.63) is 65.9 Å². The summed E-state index contributed by atoms with van der Waals surface area (Å²) in [7, 11) is -3.83. The molecule has 6 nitrogen and oxygen atoms in total. The third-order valence-corrected chi connectivity index (χ3v) is 6.09. The first-order chi connectivity index (χ1) is 13.5. The number of sulfonamides is 1. The number of ether oxygens (including phenoxy) is 1. The Bertz CT molecular complexity index is 1140. The molecule has 0 bridgehead atoms. The molecule has 4 rings (SSSR count). The van der Waals surface area contributed by atoms with Gasteiger partial charge in [0.1, 0.15) is 5.82 Å². The molecule has 1 aliphatic rings. The number of hydrogen-bond donors (Lipinski definition) is 1. The maximum Gasteiger partial charge on any atom is 0.338 e. The average molecular weight is 396 g/mol. The van der Waals surface area contributed by atoms with E-state index in [2.05, 4.69) is 9.71 Å². The molecular weight excluding hydrogens is 376 g/mol. The fourth-order valence-corrected chi connectivity index (χ4v) is 4.25. The minimum Gasteiger partial charge on any atom is -0.462 e. The van der Waals surface area contributed by atoms with E-state index in [-0.39, 0.29) is 11.5 Å². The van der Waals surface area contributed by atoms with E-state index in [1.165, 1.54) is 24.3 Å². The minimum absolute atomic E-state index is 0.0669. The molecule has 1 fully saturated rings. The SMILES string of the molecule is CCOC(=O)c1ccc(S(=O)(=O)Nc2ncc3ccccc3c2C2CC2)cc1. The zero-order chi connectivity index (χ0) is 19.7. The van der Waals surface area contributed by atoms with Gasteiger partial charge in [0.2, 0.25) is 0 Å². The number of aromatic nitrogens is 1. The van der Waals surface area contributed by atoms with Gasteiger partial charge in [0.05, 0.1) is 17.1 Å². The van der Waals surface area contributed by atoms with Crippen molar-refractivity contribution in [2.75, 3.05) is 11.3 Å². The minimum atomic E-state index is -3.83. The van der Waals surface area contributed by atoms with Gasteiger partial charge >= 0.3 is 5.97 Å². The van der Waals surface area contributed by atoms with Crippen molar-refractivity contribution >= 4 is 32.6 Å². The smallest absolute Gasteiger partial charge is 0.338 e. The summed E-state index contributed by atoms with van der Waals surface area (Å²) in [5.74, 6) is 0.213. The summed E-state index contributed by atoms with van der Waals surface area (Å²) < 4.78 is 33.3. The van der Waals surface area contributed by atoms with Crippen molar-refractivity contribution in [2.24, 2.45) is 0 Å². The highest BCUT2D eigenvalue weighted by Crippen LogP contribution is 2.46. The number of pyridine rings is 1. The van der Waals surface area contributed by atoms with Crippen LogP contribution >= 0.6 is 0 Å². The lowest BCUT2D eigenvalue weighted by Crippen LogP contribution is -2.16. The van der Waals surface area contributed by atoms with E-state index in [9.17, 15) is 13.2 Å².